The molecule has 0 spiro atoms. The van der Waals surface area contributed by atoms with Crippen molar-refractivity contribution in [2.75, 3.05) is 26.2 Å². The summed E-state index contributed by atoms with van der Waals surface area (Å²) in [4.78, 5) is 29.0. The number of piperazine rings is 1. The molecule has 1 fully saturated rings. The van der Waals surface area contributed by atoms with Crippen LogP contribution < -0.4 is 5.69 Å². The lowest BCUT2D eigenvalue weighted by Crippen LogP contribution is -2.49. The van der Waals surface area contributed by atoms with Crippen LogP contribution >= 0.6 is 11.6 Å². The van der Waals surface area contributed by atoms with Crippen molar-refractivity contribution in [3.05, 3.63) is 69.7 Å². The van der Waals surface area contributed by atoms with Gasteiger partial charge in [0.05, 0.1) is 0 Å². The van der Waals surface area contributed by atoms with Gasteiger partial charge in [-0.15, -0.1) is 5.10 Å². The Morgan fingerprint density at radius 3 is 2.48 bits per heavy atom. The minimum absolute atomic E-state index is 0.0301. The van der Waals surface area contributed by atoms with Gasteiger partial charge in [-0.3, -0.25) is 14.1 Å². The molecule has 0 bridgehead atoms. The SMILES string of the molecule is O=C(Cn1nc2ccccn2c1=O)N1CCN(Cc2ccc(Cl)cc2)CC1. The molecule has 0 saturated carbocycles. The smallest absolute Gasteiger partial charge is 0.339 e. The van der Waals surface area contributed by atoms with Gasteiger partial charge in [0.25, 0.3) is 0 Å². The molecule has 4 rings (SSSR count). The van der Waals surface area contributed by atoms with Crippen LogP contribution in [0, 0.1) is 0 Å². The fourth-order valence-electron chi connectivity index (χ4n) is 3.30. The number of aromatic nitrogens is 3. The number of halogens is 1. The number of amides is 1. The highest BCUT2D eigenvalue weighted by molar-refractivity contribution is 6.30. The molecule has 3 heterocycles. The van der Waals surface area contributed by atoms with E-state index < -0.39 is 0 Å². The summed E-state index contributed by atoms with van der Waals surface area (Å²) in [6, 6.07) is 13.2. The maximum atomic E-state index is 12.6. The number of nitrogens with zero attached hydrogens (tertiary/aromatic N) is 5. The second kappa shape index (κ2) is 7.54. The van der Waals surface area contributed by atoms with E-state index in [4.69, 9.17) is 11.6 Å². The number of carbonyl (C=O) groups excluding carboxylic acids is 1. The fraction of sp³-hybridized carbons (Fsp3) is 0.316. The molecule has 0 aliphatic carbocycles. The molecule has 0 radical (unpaired) electrons. The van der Waals surface area contributed by atoms with Crippen LogP contribution in [-0.2, 0) is 17.9 Å². The Morgan fingerprint density at radius 2 is 1.78 bits per heavy atom. The van der Waals surface area contributed by atoms with E-state index in [1.807, 2.05) is 30.3 Å². The molecule has 140 valence electrons. The molecule has 3 aromatic rings. The first-order chi connectivity index (χ1) is 13.1. The minimum Gasteiger partial charge on any atom is -0.339 e. The van der Waals surface area contributed by atoms with Crippen LogP contribution in [0.3, 0.4) is 0 Å². The van der Waals surface area contributed by atoms with E-state index in [0.717, 1.165) is 24.7 Å². The summed E-state index contributed by atoms with van der Waals surface area (Å²) in [5, 5.41) is 4.96. The van der Waals surface area contributed by atoms with Crippen molar-refractivity contribution in [3.63, 3.8) is 0 Å². The van der Waals surface area contributed by atoms with E-state index in [9.17, 15) is 9.59 Å². The Kier molecular flexibility index (Phi) is 4.96. The van der Waals surface area contributed by atoms with Crippen LogP contribution in [0.4, 0.5) is 0 Å². The van der Waals surface area contributed by atoms with Gasteiger partial charge in [0.15, 0.2) is 5.65 Å². The van der Waals surface area contributed by atoms with Gasteiger partial charge in [0, 0.05) is 43.9 Å². The van der Waals surface area contributed by atoms with Crippen molar-refractivity contribution in [1.82, 2.24) is 24.0 Å². The second-order valence-corrected chi connectivity index (χ2v) is 7.09. The lowest BCUT2D eigenvalue weighted by atomic mass is 10.2. The summed E-state index contributed by atoms with van der Waals surface area (Å²) in [6.07, 6.45) is 1.65. The molecule has 27 heavy (non-hydrogen) atoms. The van der Waals surface area contributed by atoms with Gasteiger partial charge in [-0.2, -0.15) is 0 Å². The average Bonchev–Trinajstić information content (AvgIpc) is 3.00. The predicted octanol–water partition coefficient (Wildman–Crippen LogP) is 1.49. The van der Waals surface area contributed by atoms with Crippen LogP contribution in [0.2, 0.25) is 5.02 Å². The van der Waals surface area contributed by atoms with Crippen molar-refractivity contribution in [3.8, 4) is 0 Å². The Bertz CT molecular complexity index is 1000. The van der Waals surface area contributed by atoms with E-state index >= 15 is 0 Å². The molecule has 1 aromatic carbocycles. The Balaban J connectivity index is 1.35. The highest BCUT2D eigenvalue weighted by Crippen LogP contribution is 2.13. The zero-order chi connectivity index (χ0) is 18.8. The first-order valence-electron chi connectivity index (χ1n) is 8.89. The zero-order valence-electron chi connectivity index (χ0n) is 14.8. The molecule has 1 aliphatic heterocycles. The molecular formula is C19H20ClN5O2. The van der Waals surface area contributed by atoms with Crippen molar-refractivity contribution < 1.29 is 4.79 Å². The van der Waals surface area contributed by atoms with E-state index in [1.54, 1.807) is 23.2 Å². The highest BCUT2D eigenvalue weighted by atomic mass is 35.5. The van der Waals surface area contributed by atoms with Gasteiger partial charge < -0.3 is 4.90 Å². The summed E-state index contributed by atoms with van der Waals surface area (Å²) in [7, 11) is 0. The molecule has 0 atom stereocenters. The quantitative estimate of drug-likeness (QED) is 0.682. The third-order valence-corrected chi connectivity index (χ3v) is 5.07. The lowest BCUT2D eigenvalue weighted by Gasteiger charge is -2.34. The van der Waals surface area contributed by atoms with Gasteiger partial charge in [0.1, 0.15) is 6.54 Å². The van der Waals surface area contributed by atoms with Crippen molar-refractivity contribution in [2.45, 2.75) is 13.1 Å². The van der Waals surface area contributed by atoms with E-state index in [0.29, 0.717) is 18.7 Å². The molecule has 8 heteroatoms. The van der Waals surface area contributed by atoms with Crippen molar-refractivity contribution in [1.29, 1.82) is 0 Å². The van der Waals surface area contributed by atoms with Gasteiger partial charge in [-0.1, -0.05) is 29.8 Å². The molecule has 2 aromatic heterocycles. The van der Waals surface area contributed by atoms with Crippen LogP contribution in [0.25, 0.3) is 5.65 Å². The first kappa shape index (κ1) is 17.8. The van der Waals surface area contributed by atoms with Crippen molar-refractivity contribution >= 4 is 23.2 Å². The first-order valence-corrected chi connectivity index (χ1v) is 9.27. The third-order valence-electron chi connectivity index (χ3n) is 4.82. The standard InChI is InChI=1S/C19H20ClN5O2/c20-16-6-4-15(5-7-16)13-22-9-11-23(12-10-22)18(26)14-25-19(27)24-8-2-1-3-17(24)21-25/h1-8H,9-14H2. The maximum absolute atomic E-state index is 12.6. The highest BCUT2D eigenvalue weighted by Gasteiger charge is 2.22. The Morgan fingerprint density at radius 1 is 1.04 bits per heavy atom. The van der Waals surface area contributed by atoms with Crippen LogP contribution in [0.5, 0.6) is 0 Å². The molecule has 0 N–H and O–H groups in total. The fourth-order valence-corrected chi connectivity index (χ4v) is 3.43. The average molecular weight is 386 g/mol. The van der Waals surface area contributed by atoms with Crippen LogP contribution in [-0.4, -0.2) is 56.1 Å². The normalized spacial score (nSPS) is 15.4. The molecule has 0 unspecified atom stereocenters. The minimum atomic E-state index is -0.291. The molecule has 1 amide bonds. The molecule has 1 aliphatic rings. The van der Waals surface area contributed by atoms with Crippen LogP contribution in [0.1, 0.15) is 5.56 Å². The van der Waals surface area contributed by atoms with E-state index in [2.05, 4.69) is 10.00 Å². The molecule has 7 nitrogen and oxygen atoms in total. The Hall–Kier alpha value is -2.64. The van der Waals surface area contributed by atoms with Gasteiger partial charge in [-0.05, 0) is 29.8 Å². The van der Waals surface area contributed by atoms with Crippen molar-refractivity contribution in [2.24, 2.45) is 0 Å². The monoisotopic (exact) mass is 385 g/mol. The number of fused-ring (bicyclic) bond motifs is 1. The number of hydrogen-bond donors (Lipinski definition) is 0. The third kappa shape index (κ3) is 3.89. The second-order valence-electron chi connectivity index (χ2n) is 6.65. The number of hydrogen-bond acceptors (Lipinski definition) is 4. The van der Waals surface area contributed by atoms with E-state index in [1.165, 1.54) is 14.6 Å². The number of pyridine rings is 1. The zero-order valence-corrected chi connectivity index (χ0v) is 15.5. The Labute approximate surface area is 161 Å². The summed E-state index contributed by atoms with van der Waals surface area (Å²) < 4.78 is 2.68. The maximum Gasteiger partial charge on any atom is 0.350 e. The van der Waals surface area contributed by atoms with Gasteiger partial charge in [-0.25, -0.2) is 9.48 Å². The molecular weight excluding hydrogens is 366 g/mol. The largest absolute Gasteiger partial charge is 0.350 e. The topological polar surface area (TPSA) is 62.9 Å². The summed E-state index contributed by atoms with van der Waals surface area (Å²) in [5.74, 6) is -0.0772. The number of benzene rings is 1. The van der Waals surface area contributed by atoms with Gasteiger partial charge in [0.2, 0.25) is 5.91 Å². The summed E-state index contributed by atoms with van der Waals surface area (Å²) >= 11 is 5.92. The summed E-state index contributed by atoms with van der Waals surface area (Å²) in [5.41, 5.74) is 1.46. The van der Waals surface area contributed by atoms with Gasteiger partial charge >= 0.3 is 5.69 Å². The molecule has 1 saturated heterocycles. The summed E-state index contributed by atoms with van der Waals surface area (Å²) in [6.45, 7) is 3.70. The lowest BCUT2D eigenvalue weighted by molar-refractivity contribution is -0.133. The number of rotatable bonds is 4. The van der Waals surface area contributed by atoms with Crippen LogP contribution in [0.15, 0.2) is 53.5 Å². The van der Waals surface area contributed by atoms with E-state index in [-0.39, 0.29) is 18.1 Å². The predicted molar refractivity (Wildman–Crippen MR) is 103 cm³/mol. The number of carbonyl (C=O) groups is 1.